The first-order valence-electron chi connectivity index (χ1n) is 7.98. The summed E-state index contributed by atoms with van der Waals surface area (Å²) in [5.74, 6) is -0.659. The molecule has 0 bridgehead atoms. The van der Waals surface area contributed by atoms with Crippen molar-refractivity contribution in [1.29, 1.82) is 0 Å². The lowest BCUT2D eigenvalue weighted by atomic mass is 9.95. The average Bonchev–Trinajstić information content (AvgIpc) is 3.03. The summed E-state index contributed by atoms with van der Waals surface area (Å²) in [6, 6.07) is 9.85. The Morgan fingerprint density at radius 1 is 1.26 bits per heavy atom. The molecule has 4 rings (SSSR count). The zero-order valence-corrected chi connectivity index (χ0v) is 13.3. The molecule has 4 unspecified atom stereocenters. The van der Waals surface area contributed by atoms with E-state index < -0.39 is 5.79 Å². The third-order valence-corrected chi connectivity index (χ3v) is 4.60. The number of piperidine rings is 1. The van der Waals surface area contributed by atoms with Crippen LogP contribution < -0.4 is 0 Å². The largest absolute Gasteiger partial charge is 0.447 e. The lowest BCUT2D eigenvalue weighted by Crippen LogP contribution is -2.60. The van der Waals surface area contributed by atoms with Crippen molar-refractivity contribution in [1.82, 2.24) is 4.90 Å². The lowest BCUT2D eigenvalue weighted by Gasteiger charge is -2.39. The van der Waals surface area contributed by atoms with Crippen molar-refractivity contribution in [2.45, 2.75) is 50.6 Å². The topological polar surface area (TPSA) is 57.2 Å². The molecule has 0 saturated carbocycles. The van der Waals surface area contributed by atoms with Gasteiger partial charge in [-0.1, -0.05) is 30.3 Å². The van der Waals surface area contributed by atoms with E-state index in [-0.39, 0.29) is 30.4 Å². The molecule has 0 N–H and O–H groups in total. The highest BCUT2D eigenvalue weighted by Crippen LogP contribution is 2.38. The number of carbonyl (C=O) groups is 1. The van der Waals surface area contributed by atoms with Crippen LogP contribution in [-0.4, -0.2) is 54.3 Å². The standard InChI is InChI=1S/C17H21NO5/c1-17(2)22-13-8-18-12(10-21-16(18)19)14(15(13)23-17)20-9-11-6-4-3-5-7-11/h3-7,12-15H,8-10H2,1-2H3. The van der Waals surface area contributed by atoms with Gasteiger partial charge in [0.05, 0.1) is 19.2 Å². The molecule has 3 saturated heterocycles. The molecule has 0 aliphatic carbocycles. The molecule has 3 heterocycles. The molecule has 1 amide bonds. The molecule has 0 spiro atoms. The number of ether oxygens (including phenoxy) is 4. The van der Waals surface area contributed by atoms with Crippen molar-refractivity contribution >= 4 is 6.09 Å². The molecule has 6 nitrogen and oxygen atoms in total. The molecule has 1 aromatic rings. The predicted octanol–water partition coefficient (Wildman–Crippen LogP) is 1.93. The molecule has 3 aliphatic rings. The second-order valence-electron chi connectivity index (χ2n) is 6.70. The minimum absolute atomic E-state index is 0.120. The van der Waals surface area contributed by atoms with Crippen molar-refractivity contribution < 1.29 is 23.7 Å². The van der Waals surface area contributed by atoms with Gasteiger partial charge in [0.2, 0.25) is 0 Å². The molecule has 0 radical (unpaired) electrons. The van der Waals surface area contributed by atoms with Gasteiger partial charge in [0.25, 0.3) is 0 Å². The van der Waals surface area contributed by atoms with E-state index in [4.69, 9.17) is 18.9 Å². The average molecular weight is 319 g/mol. The Balaban J connectivity index is 1.55. The molecule has 3 fully saturated rings. The summed E-state index contributed by atoms with van der Waals surface area (Å²) in [5, 5.41) is 0. The maximum atomic E-state index is 11.9. The Morgan fingerprint density at radius 3 is 2.83 bits per heavy atom. The number of fused-ring (bicyclic) bond motifs is 2. The van der Waals surface area contributed by atoms with Crippen LogP contribution in [0.25, 0.3) is 0 Å². The zero-order valence-electron chi connectivity index (χ0n) is 13.3. The van der Waals surface area contributed by atoms with Gasteiger partial charge in [-0.2, -0.15) is 0 Å². The second kappa shape index (κ2) is 5.47. The summed E-state index contributed by atoms with van der Waals surface area (Å²) in [5.41, 5.74) is 1.09. The highest BCUT2D eigenvalue weighted by Gasteiger charge is 2.56. The Kier molecular flexibility index (Phi) is 3.55. The van der Waals surface area contributed by atoms with E-state index in [1.807, 2.05) is 44.2 Å². The van der Waals surface area contributed by atoms with E-state index >= 15 is 0 Å². The Morgan fingerprint density at radius 2 is 2.04 bits per heavy atom. The maximum Gasteiger partial charge on any atom is 0.410 e. The molecule has 6 heteroatoms. The highest BCUT2D eigenvalue weighted by atomic mass is 16.8. The summed E-state index contributed by atoms with van der Waals surface area (Å²) in [7, 11) is 0. The number of amides is 1. The van der Waals surface area contributed by atoms with E-state index in [1.165, 1.54) is 0 Å². The molecule has 3 aliphatic heterocycles. The maximum absolute atomic E-state index is 11.9. The number of rotatable bonds is 3. The minimum Gasteiger partial charge on any atom is -0.447 e. The molecule has 124 valence electrons. The molecular weight excluding hydrogens is 298 g/mol. The monoisotopic (exact) mass is 319 g/mol. The summed E-state index contributed by atoms with van der Waals surface area (Å²) < 4.78 is 23.4. The van der Waals surface area contributed by atoms with Crippen LogP contribution in [0.15, 0.2) is 30.3 Å². The van der Waals surface area contributed by atoms with Crippen LogP contribution >= 0.6 is 0 Å². The minimum atomic E-state index is -0.659. The van der Waals surface area contributed by atoms with Gasteiger partial charge in [-0.05, 0) is 19.4 Å². The van der Waals surface area contributed by atoms with Gasteiger partial charge in [-0.25, -0.2) is 4.79 Å². The third-order valence-electron chi connectivity index (χ3n) is 4.60. The summed E-state index contributed by atoms with van der Waals surface area (Å²) in [6.07, 6.45) is -0.936. The van der Waals surface area contributed by atoms with Crippen LogP contribution in [0.2, 0.25) is 0 Å². The summed E-state index contributed by atoms with van der Waals surface area (Å²) in [6.45, 7) is 5.08. The normalized spacial score (nSPS) is 34.9. The quantitative estimate of drug-likeness (QED) is 0.852. The first-order chi connectivity index (χ1) is 11.0. The lowest BCUT2D eigenvalue weighted by molar-refractivity contribution is -0.162. The SMILES string of the molecule is CC1(C)OC2CN3C(=O)OCC3C(OCc3ccccc3)C2O1. The summed E-state index contributed by atoms with van der Waals surface area (Å²) >= 11 is 0. The number of hydrogen-bond donors (Lipinski definition) is 0. The van der Waals surface area contributed by atoms with Crippen LogP contribution in [0, 0.1) is 0 Å². The van der Waals surface area contributed by atoms with Crippen molar-refractivity contribution in [2.75, 3.05) is 13.2 Å². The van der Waals surface area contributed by atoms with Gasteiger partial charge >= 0.3 is 6.09 Å². The third kappa shape index (κ3) is 2.71. The van der Waals surface area contributed by atoms with Gasteiger partial charge in [-0.15, -0.1) is 0 Å². The summed E-state index contributed by atoms with van der Waals surface area (Å²) in [4.78, 5) is 13.6. The predicted molar refractivity (Wildman–Crippen MR) is 80.7 cm³/mol. The van der Waals surface area contributed by atoms with Crippen LogP contribution in [-0.2, 0) is 25.6 Å². The van der Waals surface area contributed by atoms with Crippen LogP contribution in [0.1, 0.15) is 19.4 Å². The zero-order chi connectivity index (χ0) is 16.0. The molecule has 0 aromatic heterocycles. The van der Waals surface area contributed by atoms with Crippen molar-refractivity contribution in [2.24, 2.45) is 0 Å². The van der Waals surface area contributed by atoms with Gasteiger partial charge in [0.1, 0.15) is 24.9 Å². The van der Waals surface area contributed by atoms with Crippen LogP contribution in [0.5, 0.6) is 0 Å². The van der Waals surface area contributed by atoms with Crippen molar-refractivity contribution in [3.8, 4) is 0 Å². The smallest absolute Gasteiger partial charge is 0.410 e. The van der Waals surface area contributed by atoms with E-state index in [0.717, 1.165) is 5.56 Å². The number of benzene rings is 1. The van der Waals surface area contributed by atoms with E-state index in [1.54, 1.807) is 4.90 Å². The number of hydrogen-bond acceptors (Lipinski definition) is 5. The first-order valence-corrected chi connectivity index (χ1v) is 7.98. The highest BCUT2D eigenvalue weighted by molar-refractivity contribution is 5.70. The Bertz CT molecular complexity index is 590. The van der Waals surface area contributed by atoms with Crippen LogP contribution in [0.3, 0.4) is 0 Å². The second-order valence-corrected chi connectivity index (χ2v) is 6.70. The van der Waals surface area contributed by atoms with Gasteiger partial charge in [0, 0.05) is 0 Å². The van der Waals surface area contributed by atoms with E-state index in [0.29, 0.717) is 19.8 Å². The number of nitrogens with zero attached hydrogens (tertiary/aromatic N) is 1. The molecule has 1 aromatic carbocycles. The first kappa shape index (κ1) is 14.9. The van der Waals surface area contributed by atoms with Crippen molar-refractivity contribution in [3.05, 3.63) is 35.9 Å². The Labute approximate surface area is 135 Å². The number of carbonyl (C=O) groups excluding carboxylic acids is 1. The molecule has 4 atom stereocenters. The van der Waals surface area contributed by atoms with Gasteiger partial charge in [0.15, 0.2) is 5.79 Å². The van der Waals surface area contributed by atoms with Crippen molar-refractivity contribution in [3.63, 3.8) is 0 Å². The fourth-order valence-corrected chi connectivity index (χ4v) is 3.62. The molecular formula is C17H21NO5. The number of cyclic esters (lactones) is 1. The van der Waals surface area contributed by atoms with Crippen LogP contribution in [0.4, 0.5) is 4.79 Å². The molecule has 23 heavy (non-hydrogen) atoms. The van der Waals surface area contributed by atoms with E-state index in [2.05, 4.69) is 0 Å². The fourth-order valence-electron chi connectivity index (χ4n) is 3.62. The fraction of sp³-hybridized carbons (Fsp3) is 0.588. The van der Waals surface area contributed by atoms with Gasteiger partial charge < -0.3 is 18.9 Å². The Hall–Kier alpha value is -1.63. The van der Waals surface area contributed by atoms with E-state index in [9.17, 15) is 4.79 Å². The van der Waals surface area contributed by atoms with Gasteiger partial charge in [-0.3, -0.25) is 4.90 Å².